The summed E-state index contributed by atoms with van der Waals surface area (Å²) in [5.74, 6) is 1.76. The Kier molecular flexibility index (Phi) is 1.45. The van der Waals surface area contributed by atoms with E-state index >= 15 is 0 Å². The van der Waals surface area contributed by atoms with Gasteiger partial charge in [0, 0.05) is 5.54 Å². The molecule has 0 aromatic heterocycles. The van der Waals surface area contributed by atoms with Crippen molar-refractivity contribution in [2.75, 3.05) is 0 Å². The molecule has 80 valence electrons. The fourth-order valence-corrected chi connectivity index (χ4v) is 5.87. The van der Waals surface area contributed by atoms with Crippen LogP contribution in [0.1, 0.15) is 52.9 Å². The van der Waals surface area contributed by atoms with Gasteiger partial charge in [0.1, 0.15) is 0 Å². The van der Waals surface area contributed by atoms with Crippen LogP contribution in [0.25, 0.3) is 0 Å². The van der Waals surface area contributed by atoms with Gasteiger partial charge in [0.25, 0.3) is 0 Å². The summed E-state index contributed by atoms with van der Waals surface area (Å²) in [6.07, 6.45) is 6.80. The fourth-order valence-electron chi connectivity index (χ4n) is 5.87. The maximum atomic E-state index is 6.65. The third-order valence-electron chi connectivity index (χ3n) is 5.59. The molecule has 1 nitrogen and oxygen atoms in total. The highest BCUT2D eigenvalue weighted by molar-refractivity contribution is 5.21. The van der Waals surface area contributed by atoms with E-state index in [1.165, 1.54) is 32.1 Å². The summed E-state index contributed by atoms with van der Waals surface area (Å²) >= 11 is 0. The number of nitrogens with two attached hydrogens (primary N) is 1. The molecule has 2 N–H and O–H groups in total. The van der Waals surface area contributed by atoms with E-state index in [1.807, 2.05) is 0 Å². The molecular formula is C13H23N. The van der Waals surface area contributed by atoms with Crippen molar-refractivity contribution in [2.45, 2.75) is 58.4 Å². The van der Waals surface area contributed by atoms with Gasteiger partial charge in [0.15, 0.2) is 0 Å². The van der Waals surface area contributed by atoms with Gasteiger partial charge in [-0.15, -0.1) is 0 Å². The SMILES string of the molecule is CCC1C2CC3(C)CC2(C)CC1(N)C3. The molecule has 5 unspecified atom stereocenters. The van der Waals surface area contributed by atoms with Crippen molar-refractivity contribution in [3.05, 3.63) is 0 Å². The predicted octanol–water partition coefficient (Wildman–Crippen LogP) is 2.94. The normalized spacial score (nSPS) is 65.1. The first kappa shape index (κ1) is 9.21. The van der Waals surface area contributed by atoms with Gasteiger partial charge in [0.05, 0.1) is 0 Å². The maximum absolute atomic E-state index is 6.65. The Bertz CT molecular complexity index is 283. The molecule has 0 spiro atoms. The summed E-state index contributed by atoms with van der Waals surface area (Å²) in [6.45, 7) is 7.30. The van der Waals surface area contributed by atoms with Gasteiger partial charge in [-0.3, -0.25) is 0 Å². The molecular weight excluding hydrogens is 170 g/mol. The van der Waals surface area contributed by atoms with Crippen LogP contribution in [-0.4, -0.2) is 5.54 Å². The van der Waals surface area contributed by atoms with Crippen LogP contribution in [0.4, 0.5) is 0 Å². The molecule has 0 heterocycles. The molecule has 0 saturated heterocycles. The summed E-state index contributed by atoms with van der Waals surface area (Å²) in [7, 11) is 0. The first-order chi connectivity index (χ1) is 6.41. The van der Waals surface area contributed by atoms with Gasteiger partial charge in [-0.25, -0.2) is 0 Å². The Balaban J connectivity index is 2.06. The monoisotopic (exact) mass is 193 g/mol. The van der Waals surface area contributed by atoms with Crippen LogP contribution in [0.3, 0.4) is 0 Å². The lowest BCUT2D eigenvalue weighted by Gasteiger charge is -2.47. The summed E-state index contributed by atoms with van der Waals surface area (Å²) in [4.78, 5) is 0. The number of rotatable bonds is 1. The minimum Gasteiger partial charge on any atom is -0.325 e. The molecule has 4 bridgehead atoms. The average Bonchev–Trinajstić information content (AvgIpc) is 2.25. The molecule has 4 rings (SSSR count). The summed E-state index contributed by atoms with van der Waals surface area (Å²) < 4.78 is 0. The predicted molar refractivity (Wildman–Crippen MR) is 58.9 cm³/mol. The largest absolute Gasteiger partial charge is 0.325 e. The van der Waals surface area contributed by atoms with E-state index in [0.29, 0.717) is 10.8 Å². The molecule has 0 aliphatic heterocycles. The van der Waals surface area contributed by atoms with Crippen LogP contribution in [0.15, 0.2) is 0 Å². The highest BCUT2D eigenvalue weighted by atomic mass is 14.9. The minimum atomic E-state index is 0.208. The van der Waals surface area contributed by atoms with E-state index in [9.17, 15) is 0 Å². The molecule has 0 aromatic carbocycles. The smallest absolute Gasteiger partial charge is 0.0196 e. The van der Waals surface area contributed by atoms with Gasteiger partial charge in [-0.2, -0.15) is 0 Å². The topological polar surface area (TPSA) is 26.0 Å². The zero-order valence-electron chi connectivity index (χ0n) is 9.77. The van der Waals surface area contributed by atoms with E-state index < -0.39 is 0 Å². The third-order valence-corrected chi connectivity index (χ3v) is 5.59. The standard InChI is InChI=1S/C13H23N/c1-4-9-10-5-11(2)6-12(10,3)8-13(9,14)7-11/h9-10H,4-8,14H2,1-3H3. The molecule has 0 amide bonds. The van der Waals surface area contributed by atoms with Crippen molar-refractivity contribution in [1.29, 1.82) is 0 Å². The quantitative estimate of drug-likeness (QED) is 0.681. The van der Waals surface area contributed by atoms with Crippen LogP contribution in [0.2, 0.25) is 0 Å². The lowest BCUT2D eigenvalue weighted by atomic mass is 9.62. The van der Waals surface area contributed by atoms with Crippen molar-refractivity contribution < 1.29 is 0 Å². The first-order valence-electron chi connectivity index (χ1n) is 6.20. The van der Waals surface area contributed by atoms with E-state index in [-0.39, 0.29) is 5.54 Å². The van der Waals surface area contributed by atoms with Crippen molar-refractivity contribution in [1.82, 2.24) is 0 Å². The lowest BCUT2D eigenvalue weighted by Crippen LogP contribution is -2.52. The molecule has 4 fully saturated rings. The Morgan fingerprint density at radius 3 is 2.50 bits per heavy atom. The Morgan fingerprint density at radius 1 is 1.21 bits per heavy atom. The van der Waals surface area contributed by atoms with Crippen molar-refractivity contribution in [3.63, 3.8) is 0 Å². The second-order valence-electron chi connectivity index (χ2n) is 7.05. The van der Waals surface area contributed by atoms with Crippen LogP contribution >= 0.6 is 0 Å². The molecule has 1 heteroatoms. The van der Waals surface area contributed by atoms with Crippen LogP contribution < -0.4 is 5.73 Å². The fraction of sp³-hybridized carbons (Fsp3) is 1.00. The van der Waals surface area contributed by atoms with Crippen molar-refractivity contribution >= 4 is 0 Å². The Morgan fingerprint density at radius 2 is 1.93 bits per heavy atom. The molecule has 5 atom stereocenters. The molecule has 4 aliphatic carbocycles. The van der Waals surface area contributed by atoms with Gasteiger partial charge in [0.2, 0.25) is 0 Å². The van der Waals surface area contributed by atoms with Crippen LogP contribution in [0.5, 0.6) is 0 Å². The zero-order valence-corrected chi connectivity index (χ0v) is 9.77. The van der Waals surface area contributed by atoms with E-state index in [4.69, 9.17) is 5.73 Å². The zero-order chi connectivity index (χ0) is 10.2. The molecule has 4 saturated carbocycles. The van der Waals surface area contributed by atoms with E-state index in [1.54, 1.807) is 0 Å². The first-order valence-corrected chi connectivity index (χ1v) is 6.20. The lowest BCUT2D eigenvalue weighted by molar-refractivity contribution is 0.0824. The van der Waals surface area contributed by atoms with Gasteiger partial charge < -0.3 is 5.73 Å². The molecule has 4 aliphatic rings. The van der Waals surface area contributed by atoms with Gasteiger partial charge in [-0.1, -0.05) is 27.2 Å². The van der Waals surface area contributed by atoms with Gasteiger partial charge in [-0.05, 0) is 48.3 Å². The van der Waals surface area contributed by atoms with E-state index in [2.05, 4.69) is 20.8 Å². The van der Waals surface area contributed by atoms with Crippen LogP contribution in [0, 0.1) is 22.7 Å². The summed E-state index contributed by atoms with van der Waals surface area (Å²) in [6, 6.07) is 0. The van der Waals surface area contributed by atoms with Crippen molar-refractivity contribution in [3.8, 4) is 0 Å². The van der Waals surface area contributed by atoms with E-state index in [0.717, 1.165) is 11.8 Å². The summed E-state index contributed by atoms with van der Waals surface area (Å²) in [5.41, 5.74) is 8.05. The third kappa shape index (κ3) is 0.856. The molecule has 14 heavy (non-hydrogen) atoms. The minimum absolute atomic E-state index is 0.208. The Hall–Kier alpha value is -0.0400. The highest BCUT2D eigenvalue weighted by Crippen LogP contribution is 2.73. The Labute approximate surface area is 87.4 Å². The second-order valence-corrected chi connectivity index (χ2v) is 7.05. The second kappa shape index (κ2) is 2.21. The maximum Gasteiger partial charge on any atom is 0.0196 e. The molecule has 0 aromatic rings. The number of hydrogen-bond donors (Lipinski definition) is 1. The molecule has 0 radical (unpaired) electrons. The summed E-state index contributed by atoms with van der Waals surface area (Å²) in [5, 5.41) is 0. The van der Waals surface area contributed by atoms with Crippen molar-refractivity contribution in [2.24, 2.45) is 28.4 Å². The number of hydrogen-bond acceptors (Lipinski definition) is 1. The van der Waals surface area contributed by atoms with Crippen LogP contribution in [-0.2, 0) is 0 Å². The average molecular weight is 193 g/mol. The van der Waals surface area contributed by atoms with Gasteiger partial charge >= 0.3 is 0 Å². The highest BCUT2D eigenvalue weighted by Gasteiger charge is 2.68.